The fourth-order valence-electron chi connectivity index (χ4n) is 1.63. The van der Waals surface area contributed by atoms with Gasteiger partial charge in [0.2, 0.25) is 0 Å². The van der Waals surface area contributed by atoms with Crippen LogP contribution in [0.2, 0.25) is 0 Å². The molecule has 0 radical (unpaired) electrons. The number of nitrogens with zero attached hydrogens (tertiary/aromatic N) is 1. The number of hydrogen-bond donors (Lipinski definition) is 1. The van der Waals surface area contributed by atoms with Crippen LogP contribution in [0.4, 0.5) is 0 Å². The first-order valence-electron chi connectivity index (χ1n) is 5.96. The Morgan fingerprint density at radius 3 is 2.18 bits per heavy atom. The van der Waals surface area contributed by atoms with Gasteiger partial charge in [-0.05, 0) is 32.3 Å². The summed E-state index contributed by atoms with van der Waals surface area (Å²) < 4.78 is 0. The molecular weight excluding hydrogens is 208 g/mol. The zero-order chi connectivity index (χ0) is 13.6. The van der Waals surface area contributed by atoms with Crippen LogP contribution in [-0.2, 0) is 0 Å². The summed E-state index contributed by atoms with van der Waals surface area (Å²) in [5.74, 6) is 0.401. The predicted octanol–water partition coefficient (Wildman–Crippen LogP) is 3.67. The summed E-state index contributed by atoms with van der Waals surface area (Å²) in [4.78, 5) is 2.00. The van der Waals surface area contributed by atoms with Gasteiger partial charge in [0, 0.05) is 19.8 Å². The van der Waals surface area contributed by atoms with Crippen LogP contribution in [0.5, 0.6) is 0 Å². The Kier molecular flexibility index (Phi) is 6.40. The molecule has 0 aliphatic rings. The monoisotopic (exact) mass is 234 g/mol. The zero-order valence-corrected chi connectivity index (χ0v) is 12.1. The molecule has 17 heavy (non-hydrogen) atoms. The minimum atomic E-state index is 0.401. The standard InChI is InChI=1S/C15H26N2/c1-9-10-12(4)13(5)15(16-7)14(6)17(8)11(2)3/h9-10,12,16H,2,6H2,1,3-5,7-8H3/b10-9-,15-13-. The van der Waals surface area contributed by atoms with E-state index in [9.17, 15) is 0 Å². The molecule has 0 fully saturated rings. The molecule has 0 saturated heterocycles. The summed E-state index contributed by atoms with van der Waals surface area (Å²) in [6.45, 7) is 16.4. The average Bonchev–Trinajstić information content (AvgIpc) is 2.28. The van der Waals surface area contributed by atoms with Crippen LogP contribution in [0.15, 0.2) is 48.0 Å². The van der Waals surface area contributed by atoms with Crippen LogP contribution >= 0.6 is 0 Å². The molecule has 0 amide bonds. The molecule has 2 heteroatoms. The molecule has 1 N–H and O–H groups in total. The van der Waals surface area contributed by atoms with E-state index in [0.29, 0.717) is 5.92 Å². The predicted molar refractivity (Wildman–Crippen MR) is 77.5 cm³/mol. The number of hydrogen-bond acceptors (Lipinski definition) is 2. The highest BCUT2D eigenvalue weighted by atomic mass is 15.1. The second kappa shape index (κ2) is 7.00. The molecule has 1 atom stereocenters. The smallest absolute Gasteiger partial charge is 0.0567 e. The first kappa shape index (κ1) is 15.6. The molecule has 0 aromatic heterocycles. The number of nitrogens with one attached hydrogen (secondary N) is 1. The van der Waals surface area contributed by atoms with Crippen LogP contribution in [0.25, 0.3) is 0 Å². The lowest BCUT2D eigenvalue weighted by Gasteiger charge is -2.26. The molecule has 0 aliphatic heterocycles. The maximum absolute atomic E-state index is 4.13. The van der Waals surface area contributed by atoms with Gasteiger partial charge in [0.25, 0.3) is 0 Å². The summed E-state index contributed by atoms with van der Waals surface area (Å²) in [5.41, 5.74) is 4.30. The van der Waals surface area contributed by atoms with Gasteiger partial charge >= 0.3 is 0 Å². The summed E-state index contributed by atoms with van der Waals surface area (Å²) >= 11 is 0. The van der Waals surface area contributed by atoms with Gasteiger partial charge < -0.3 is 10.2 Å². The van der Waals surface area contributed by atoms with Gasteiger partial charge in [0.05, 0.1) is 11.4 Å². The van der Waals surface area contributed by atoms with E-state index in [4.69, 9.17) is 0 Å². The zero-order valence-electron chi connectivity index (χ0n) is 12.1. The molecule has 0 rings (SSSR count). The van der Waals surface area contributed by atoms with Crippen LogP contribution in [-0.4, -0.2) is 19.0 Å². The van der Waals surface area contributed by atoms with Crippen molar-refractivity contribution in [2.45, 2.75) is 27.7 Å². The SMILES string of the molecule is C=C(C)N(C)C(=C)/C(NC)=C(\C)C(C)/C=C\C. The molecule has 0 bridgehead atoms. The summed E-state index contributed by atoms with van der Waals surface area (Å²) in [7, 11) is 3.91. The lowest BCUT2D eigenvalue weighted by atomic mass is 9.98. The Morgan fingerprint density at radius 2 is 1.82 bits per heavy atom. The van der Waals surface area contributed by atoms with Gasteiger partial charge in [-0.2, -0.15) is 0 Å². The van der Waals surface area contributed by atoms with Gasteiger partial charge in [-0.3, -0.25) is 0 Å². The lowest BCUT2D eigenvalue weighted by Crippen LogP contribution is -2.23. The van der Waals surface area contributed by atoms with E-state index in [1.54, 1.807) is 0 Å². The number of likely N-dealkylation sites (N-methyl/N-ethyl adjacent to an activating group) is 2. The molecular formula is C15H26N2. The lowest BCUT2D eigenvalue weighted by molar-refractivity contribution is 0.522. The average molecular weight is 234 g/mol. The highest BCUT2D eigenvalue weighted by molar-refractivity contribution is 5.34. The fraction of sp³-hybridized carbons (Fsp3) is 0.467. The molecule has 0 saturated carbocycles. The van der Waals surface area contributed by atoms with E-state index >= 15 is 0 Å². The Hall–Kier alpha value is -1.44. The number of rotatable bonds is 6. The Balaban J connectivity index is 5.24. The van der Waals surface area contributed by atoms with Gasteiger partial charge in [0.15, 0.2) is 0 Å². The van der Waals surface area contributed by atoms with Crippen LogP contribution in [0.1, 0.15) is 27.7 Å². The Morgan fingerprint density at radius 1 is 1.29 bits per heavy atom. The normalized spacial score (nSPS) is 14.2. The Labute approximate surface area is 106 Å². The third-order valence-corrected chi connectivity index (χ3v) is 3.07. The van der Waals surface area contributed by atoms with Crippen molar-refractivity contribution in [2.75, 3.05) is 14.1 Å². The molecule has 2 nitrogen and oxygen atoms in total. The molecule has 0 aliphatic carbocycles. The second-order valence-electron chi connectivity index (χ2n) is 4.36. The van der Waals surface area contributed by atoms with Gasteiger partial charge in [0.1, 0.15) is 0 Å². The van der Waals surface area contributed by atoms with E-state index in [1.165, 1.54) is 5.57 Å². The van der Waals surface area contributed by atoms with Crippen molar-refractivity contribution in [1.29, 1.82) is 0 Å². The molecule has 1 unspecified atom stereocenters. The molecule has 96 valence electrons. The highest BCUT2D eigenvalue weighted by Crippen LogP contribution is 2.22. The quantitative estimate of drug-likeness (QED) is 0.557. The van der Waals surface area contributed by atoms with Crippen molar-refractivity contribution >= 4 is 0 Å². The van der Waals surface area contributed by atoms with Gasteiger partial charge in [-0.1, -0.05) is 32.2 Å². The van der Waals surface area contributed by atoms with E-state index in [-0.39, 0.29) is 0 Å². The van der Waals surface area contributed by atoms with E-state index in [0.717, 1.165) is 17.1 Å². The third-order valence-electron chi connectivity index (χ3n) is 3.07. The van der Waals surface area contributed by atoms with E-state index < -0.39 is 0 Å². The topological polar surface area (TPSA) is 15.3 Å². The highest BCUT2D eigenvalue weighted by Gasteiger charge is 2.13. The Bertz CT molecular complexity index is 348. The molecule has 0 heterocycles. The molecule has 0 aromatic carbocycles. The van der Waals surface area contributed by atoms with Crippen molar-refractivity contribution in [3.05, 3.63) is 48.0 Å². The van der Waals surface area contributed by atoms with Crippen LogP contribution < -0.4 is 5.32 Å². The maximum atomic E-state index is 4.13. The van der Waals surface area contributed by atoms with Crippen molar-refractivity contribution < 1.29 is 0 Å². The minimum Gasteiger partial charge on any atom is -0.386 e. The van der Waals surface area contributed by atoms with Crippen molar-refractivity contribution in [2.24, 2.45) is 5.92 Å². The van der Waals surface area contributed by atoms with E-state index in [1.807, 2.05) is 32.8 Å². The summed E-state index contributed by atoms with van der Waals surface area (Å²) in [5, 5.41) is 3.24. The second-order valence-corrected chi connectivity index (χ2v) is 4.36. The van der Waals surface area contributed by atoms with Crippen molar-refractivity contribution in [1.82, 2.24) is 10.2 Å². The fourth-order valence-corrected chi connectivity index (χ4v) is 1.63. The first-order valence-corrected chi connectivity index (χ1v) is 5.96. The van der Waals surface area contributed by atoms with Crippen molar-refractivity contribution in [3.8, 4) is 0 Å². The number of allylic oxidation sites excluding steroid dienone is 4. The van der Waals surface area contributed by atoms with E-state index in [2.05, 4.69) is 44.5 Å². The van der Waals surface area contributed by atoms with Crippen LogP contribution in [0, 0.1) is 5.92 Å². The van der Waals surface area contributed by atoms with Gasteiger partial charge in [-0.25, -0.2) is 0 Å². The minimum absolute atomic E-state index is 0.401. The van der Waals surface area contributed by atoms with Crippen LogP contribution in [0.3, 0.4) is 0 Å². The maximum Gasteiger partial charge on any atom is 0.0567 e. The summed E-state index contributed by atoms with van der Waals surface area (Å²) in [6, 6.07) is 0. The molecule has 0 spiro atoms. The first-order chi connectivity index (χ1) is 7.86. The largest absolute Gasteiger partial charge is 0.386 e. The van der Waals surface area contributed by atoms with Crippen molar-refractivity contribution in [3.63, 3.8) is 0 Å². The van der Waals surface area contributed by atoms with Gasteiger partial charge in [-0.15, -0.1) is 0 Å². The third kappa shape index (κ3) is 4.14. The summed E-state index contributed by atoms with van der Waals surface area (Å²) in [6.07, 6.45) is 4.26. The molecule has 0 aromatic rings.